The fourth-order valence-corrected chi connectivity index (χ4v) is 3.09. The van der Waals surface area contributed by atoms with Crippen LogP contribution in [-0.4, -0.2) is 36.6 Å². The summed E-state index contributed by atoms with van der Waals surface area (Å²) >= 11 is 0. The highest BCUT2D eigenvalue weighted by molar-refractivity contribution is 4.87. The number of nitrogens with zero attached hydrogens (tertiary/aromatic N) is 1. The maximum Gasteiger partial charge on any atom is 0.0218 e. The Morgan fingerprint density at radius 2 is 2.06 bits per heavy atom. The van der Waals surface area contributed by atoms with Gasteiger partial charge in [0, 0.05) is 25.2 Å². The molecule has 1 saturated heterocycles. The largest absolute Gasteiger partial charge is 0.311 e. The number of rotatable bonds is 6. The second kappa shape index (κ2) is 6.19. The lowest BCUT2D eigenvalue weighted by atomic mass is 9.98. The molecule has 1 heterocycles. The molecular formula is C15H30N2. The second-order valence-corrected chi connectivity index (χ2v) is 6.52. The van der Waals surface area contributed by atoms with Gasteiger partial charge in [-0.3, -0.25) is 4.90 Å². The Kier molecular flexibility index (Phi) is 4.87. The van der Waals surface area contributed by atoms with E-state index in [-0.39, 0.29) is 0 Å². The molecule has 1 aliphatic carbocycles. The van der Waals surface area contributed by atoms with Gasteiger partial charge in [0.15, 0.2) is 0 Å². The van der Waals surface area contributed by atoms with Gasteiger partial charge in [-0.25, -0.2) is 0 Å². The summed E-state index contributed by atoms with van der Waals surface area (Å²) in [5, 5.41) is 3.74. The highest BCUT2D eigenvalue weighted by Crippen LogP contribution is 2.33. The first-order valence-electron chi connectivity index (χ1n) is 7.66. The summed E-state index contributed by atoms with van der Waals surface area (Å²) in [5.74, 6) is 1.89. The number of nitrogens with one attached hydrogen (secondary N) is 1. The van der Waals surface area contributed by atoms with Gasteiger partial charge < -0.3 is 5.32 Å². The smallest absolute Gasteiger partial charge is 0.0218 e. The second-order valence-electron chi connectivity index (χ2n) is 6.52. The van der Waals surface area contributed by atoms with Gasteiger partial charge in [-0.05, 0) is 37.6 Å². The summed E-state index contributed by atoms with van der Waals surface area (Å²) in [6.45, 7) is 10.8. The van der Waals surface area contributed by atoms with Crippen LogP contribution in [0.2, 0.25) is 0 Å². The van der Waals surface area contributed by atoms with E-state index in [2.05, 4.69) is 31.0 Å². The van der Waals surface area contributed by atoms with E-state index in [0.717, 1.165) is 23.9 Å². The highest BCUT2D eigenvalue weighted by atomic mass is 15.2. The Labute approximate surface area is 107 Å². The molecular weight excluding hydrogens is 208 g/mol. The van der Waals surface area contributed by atoms with E-state index in [1.54, 1.807) is 0 Å². The Bertz CT molecular complexity index is 223. The summed E-state index contributed by atoms with van der Waals surface area (Å²) in [4.78, 5) is 2.77. The third kappa shape index (κ3) is 4.26. The van der Waals surface area contributed by atoms with E-state index < -0.39 is 0 Å². The topological polar surface area (TPSA) is 15.3 Å². The van der Waals surface area contributed by atoms with Gasteiger partial charge in [-0.2, -0.15) is 0 Å². The quantitative estimate of drug-likeness (QED) is 0.765. The number of hydrogen-bond acceptors (Lipinski definition) is 2. The van der Waals surface area contributed by atoms with E-state index in [4.69, 9.17) is 0 Å². The molecule has 0 spiro atoms. The highest BCUT2D eigenvalue weighted by Gasteiger charge is 2.29. The predicted octanol–water partition coefficient (Wildman–Crippen LogP) is 2.89. The molecule has 2 heteroatoms. The van der Waals surface area contributed by atoms with Gasteiger partial charge in [0.1, 0.15) is 0 Å². The van der Waals surface area contributed by atoms with Gasteiger partial charge in [-0.1, -0.05) is 33.6 Å². The van der Waals surface area contributed by atoms with E-state index >= 15 is 0 Å². The molecule has 0 aromatic heterocycles. The molecule has 2 fully saturated rings. The first kappa shape index (κ1) is 13.4. The van der Waals surface area contributed by atoms with Crippen LogP contribution in [0.15, 0.2) is 0 Å². The van der Waals surface area contributed by atoms with Crippen molar-refractivity contribution in [3.63, 3.8) is 0 Å². The van der Waals surface area contributed by atoms with Crippen LogP contribution in [0.5, 0.6) is 0 Å². The fourth-order valence-electron chi connectivity index (χ4n) is 3.09. The van der Waals surface area contributed by atoms with Crippen LogP contribution in [0.1, 0.15) is 52.9 Å². The first-order chi connectivity index (χ1) is 8.19. The van der Waals surface area contributed by atoms with Gasteiger partial charge in [0.2, 0.25) is 0 Å². The molecule has 0 bridgehead atoms. The normalized spacial score (nSPS) is 31.1. The molecule has 2 atom stereocenters. The molecule has 0 aromatic rings. The standard InChI is InChI=1S/C15H30N2/c1-4-15-10-16-14(9-12(2)3)11-17(15)8-7-13-5-6-13/h12-16H,4-11H2,1-3H3. The summed E-state index contributed by atoms with van der Waals surface area (Å²) in [5.41, 5.74) is 0. The number of hydrogen-bond donors (Lipinski definition) is 1. The monoisotopic (exact) mass is 238 g/mol. The first-order valence-corrected chi connectivity index (χ1v) is 7.66. The van der Waals surface area contributed by atoms with Crippen molar-refractivity contribution in [1.82, 2.24) is 10.2 Å². The van der Waals surface area contributed by atoms with Crippen molar-refractivity contribution in [3.05, 3.63) is 0 Å². The van der Waals surface area contributed by atoms with Crippen molar-refractivity contribution >= 4 is 0 Å². The molecule has 0 radical (unpaired) electrons. The van der Waals surface area contributed by atoms with Crippen molar-refractivity contribution in [2.45, 2.75) is 65.0 Å². The van der Waals surface area contributed by atoms with E-state index in [0.29, 0.717) is 0 Å². The van der Waals surface area contributed by atoms with Crippen LogP contribution in [-0.2, 0) is 0 Å². The molecule has 2 nitrogen and oxygen atoms in total. The lowest BCUT2D eigenvalue weighted by molar-refractivity contribution is 0.115. The Balaban J connectivity index is 1.79. The third-order valence-corrected chi connectivity index (χ3v) is 4.36. The zero-order chi connectivity index (χ0) is 12.3. The van der Waals surface area contributed by atoms with E-state index in [1.807, 2.05) is 0 Å². The van der Waals surface area contributed by atoms with Gasteiger partial charge in [0.05, 0.1) is 0 Å². The van der Waals surface area contributed by atoms with Crippen LogP contribution in [0.3, 0.4) is 0 Å². The van der Waals surface area contributed by atoms with Crippen molar-refractivity contribution < 1.29 is 0 Å². The fraction of sp³-hybridized carbons (Fsp3) is 1.00. The zero-order valence-corrected chi connectivity index (χ0v) is 11.9. The van der Waals surface area contributed by atoms with Gasteiger partial charge in [0.25, 0.3) is 0 Å². The van der Waals surface area contributed by atoms with Crippen LogP contribution >= 0.6 is 0 Å². The molecule has 0 aromatic carbocycles. The number of piperazine rings is 1. The summed E-state index contributed by atoms with van der Waals surface area (Å²) in [6, 6.07) is 1.52. The Morgan fingerprint density at radius 1 is 1.29 bits per heavy atom. The molecule has 1 saturated carbocycles. The molecule has 2 unspecified atom stereocenters. The average molecular weight is 238 g/mol. The van der Waals surface area contributed by atoms with Crippen LogP contribution < -0.4 is 5.32 Å². The van der Waals surface area contributed by atoms with Crippen LogP contribution in [0.25, 0.3) is 0 Å². The minimum absolute atomic E-state index is 0.733. The molecule has 100 valence electrons. The Hall–Kier alpha value is -0.0800. The lowest BCUT2D eigenvalue weighted by Crippen LogP contribution is -2.56. The van der Waals surface area contributed by atoms with Crippen molar-refractivity contribution in [2.24, 2.45) is 11.8 Å². The van der Waals surface area contributed by atoms with Crippen molar-refractivity contribution in [1.29, 1.82) is 0 Å². The van der Waals surface area contributed by atoms with E-state index in [1.165, 1.54) is 51.7 Å². The van der Waals surface area contributed by atoms with Crippen LogP contribution in [0, 0.1) is 11.8 Å². The maximum absolute atomic E-state index is 3.74. The molecule has 0 amide bonds. The van der Waals surface area contributed by atoms with Gasteiger partial charge >= 0.3 is 0 Å². The molecule has 2 rings (SSSR count). The summed E-state index contributed by atoms with van der Waals surface area (Å²) in [7, 11) is 0. The predicted molar refractivity (Wildman–Crippen MR) is 74.2 cm³/mol. The Morgan fingerprint density at radius 3 is 2.65 bits per heavy atom. The van der Waals surface area contributed by atoms with Crippen molar-refractivity contribution in [3.8, 4) is 0 Å². The SMILES string of the molecule is CCC1CNC(CC(C)C)CN1CCC1CC1. The van der Waals surface area contributed by atoms with E-state index in [9.17, 15) is 0 Å². The minimum atomic E-state index is 0.733. The van der Waals surface area contributed by atoms with Crippen LogP contribution in [0.4, 0.5) is 0 Å². The molecule has 1 N–H and O–H groups in total. The molecule has 1 aliphatic heterocycles. The lowest BCUT2D eigenvalue weighted by Gasteiger charge is -2.41. The molecule has 2 aliphatic rings. The third-order valence-electron chi connectivity index (χ3n) is 4.36. The minimum Gasteiger partial charge on any atom is -0.311 e. The van der Waals surface area contributed by atoms with Crippen molar-refractivity contribution in [2.75, 3.05) is 19.6 Å². The summed E-state index contributed by atoms with van der Waals surface area (Å²) in [6.07, 6.45) is 7.07. The zero-order valence-electron chi connectivity index (χ0n) is 11.9. The average Bonchev–Trinajstić information content (AvgIpc) is 3.09. The maximum atomic E-state index is 3.74. The molecule has 17 heavy (non-hydrogen) atoms. The summed E-state index contributed by atoms with van der Waals surface area (Å²) < 4.78 is 0. The van der Waals surface area contributed by atoms with Gasteiger partial charge in [-0.15, -0.1) is 0 Å².